The predicted octanol–water partition coefficient (Wildman–Crippen LogP) is 1.94. The van der Waals surface area contributed by atoms with Crippen molar-refractivity contribution in [2.75, 3.05) is 5.32 Å². The Morgan fingerprint density at radius 3 is 2.69 bits per heavy atom. The Morgan fingerprint density at radius 1 is 1.31 bits per heavy atom. The van der Waals surface area contributed by atoms with Crippen LogP contribution in [0.2, 0.25) is 0 Å². The van der Waals surface area contributed by atoms with E-state index in [1.54, 1.807) is 18.5 Å². The van der Waals surface area contributed by atoms with E-state index in [2.05, 4.69) is 20.5 Å². The van der Waals surface area contributed by atoms with E-state index >= 15 is 0 Å². The lowest BCUT2D eigenvalue weighted by Gasteiger charge is -2.09. The largest absolute Gasteiger partial charge is 0.390 e. The average Bonchev–Trinajstić information content (AvgIpc) is 3.21. The summed E-state index contributed by atoms with van der Waals surface area (Å²) < 4.78 is 2.91. The highest BCUT2D eigenvalue weighted by Crippen LogP contribution is 2.17. The Hall–Kier alpha value is -3.56. The predicted molar refractivity (Wildman–Crippen MR) is 92.5 cm³/mol. The van der Waals surface area contributed by atoms with Gasteiger partial charge in [-0.1, -0.05) is 30.3 Å². The van der Waals surface area contributed by atoms with Crippen molar-refractivity contribution in [3.05, 3.63) is 64.1 Å². The van der Waals surface area contributed by atoms with E-state index in [4.69, 9.17) is 0 Å². The first-order valence-electron chi connectivity index (χ1n) is 7.89. The van der Waals surface area contributed by atoms with Crippen LogP contribution in [0.1, 0.15) is 24.2 Å². The van der Waals surface area contributed by atoms with Crippen molar-refractivity contribution in [1.82, 2.24) is 24.5 Å². The number of hydrogen-bond acceptors (Lipinski definition) is 6. The molecule has 0 aliphatic rings. The van der Waals surface area contributed by atoms with E-state index in [-0.39, 0.29) is 11.8 Å². The average molecular weight is 355 g/mol. The van der Waals surface area contributed by atoms with Crippen LogP contribution in [0.5, 0.6) is 0 Å². The van der Waals surface area contributed by atoms with Gasteiger partial charge in [-0.15, -0.1) is 5.10 Å². The van der Waals surface area contributed by atoms with Crippen LogP contribution in [0.25, 0.3) is 0 Å². The van der Waals surface area contributed by atoms with Crippen LogP contribution in [-0.4, -0.2) is 35.4 Å². The zero-order valence-corrected chi connectivity index (χ0v) is 14.2. The van der Waals surface area contributed by atoms with Crippen LogP contribution in [0, 0.1) is 17.0 Å². The van der Waals surface area contributed by atoms with Gasteiger partial charge < -0.3 is 10.1 Å². The first-order chi connectivity index (χ1) is 12.4. The van der Waals surface area contributed by atoms with E-state index in [0.717, 1.165) is 5.56 Å². The Labute approximate surface area is 148 Å². The first kappa shape index (κ1) is 17.3. The smallest absolute Gasteiger partial charge is 0.358 e. The number of aryl methyl sites for hydroxylation is 1. The van der Waals surface area contributed by atoms with Crippen LogP contribution < -0.4 is 5.32 Å². The molecule has 0 aliphatic heterocycles. The maximum Gasteiger partial charge on any atom is 0.390 e. The monoisotopic (exact) mass is 355 g/mol. The fourth-order valence-electron chi connectivity index (χ4n) is 2.48. The number of benzene rings is 1. The fourth-order valence-corrected chi connectivity index (χ4v) is 2.48. The summed E-state index contributed by atoms with van der Waals surface area (Å²) in [6.45, 7) is 3.78. The molecule has 2 heterocycles. The molecule has 1 atom stereocenters. The number of aromatic nitrogens is 5. The minimum Gasteiger partial charge on any atom is -0.358 e. The van der Waals surface area contributed by atoms with Gasteiger partial charge in [0.05, 0.1) is 23.4 Å². The topological polar surface area (TPSA) is 121 Å². The number of rotatable bonds is 6. The van der Waals surface area contributed by atoms with Gasteiger partial charge in [-0.3, -0.25) is 10.1 Å². The van der Waals surface area contributed by atoms with E-state index in [9.17, 15) is 14.9 Å². The Bertz CT molecular complexity index is 932. The first-order valence-corrected chi connectivity index (χ1v) is 7.89. The van der Waals surface area contributed by atoms with Crippen LogP contribution in [0.3, 0.4) is 0 Å². The lowest BCUT2D eigenvalue weighted by Crippen LogP contribution is -2.25. The number of nitro groups is 1. The molecule has 134 valence electrons. The summed E-state index contributed by atoms with van der Waals surface area (Å²) in [6, 6.07) is 10.3. The zero-order valence-electron chi connectivity index (χ0n) is 14.2. The molecule has 1 amide bonds. The number of carbonyl (C=O) groups is 1. The van der Waals surface area contributed by atoms with Crippen LogP contribution >= 0.6 is 0 Å². The van der Waals surface area contributed by atoms with Gasteiger partial charge in [0.1, 0.15) is 12.4 Å². The molecule has 1 aromatic carbocycles. The SMILES string of the molecule is Cc1cc([N+](=O)[O-])nn1C(C)C(=O)Nc1ncn(Cc2ccccc2)n1. The zero-order chi connectivity index (χ0) is 18.7. The molecule has 0 spiro atoms. The van der Waals surface area contributed by atoms with E-state index in [0.29, 0.717) is 12.2 Å². The van der Waals surface area contributed by atoms with Gasteiger partial charge in [-0.25, -0.2) is 9.67 Å². The molecule has 3 aromatic rings. The number of nitrogens with one attached hydrogen (secondary N) is 1. The molecular formula is C16H17N7O3. The van der Waals surface area contributed by atoms with Crippen molar-refractivity contribution in [2.24, 2.45) is 0 Å². The van der Waals surface area contributed by atoms with Gasteiger partial charge in [-0.2, -0.15) is 4.68 Å². The Morgan fingerprint density at radius 2 is 2.04 bits per heavy atom. The van der Waals surface area contributed by atoms with Gasteiger partial charge >= 0.3 is 5.82 Å². The Kier molecular flexibility index (Phi) is 4.74. The van der Waals surface area contributed by atoms with E-state index in [1.807, 2.05) is 30.3 Å². The van der Waals surface area contributed by atoms with Crippen molar-refractivity contribution in [2.45, 2.75) is 26.4 Å². The van der Waals surface area contributed by atoms with Crippen molar-refractivity contribution >= 4 is 17.7 Å². The normalized spacial score (nSPS) is 11.9. The summed E-state index contributed by atoms with van der Waals surface area (Å²) >= 11 is 0. The molecule has 0 aliphatic carbocycles. The van der Waals surface area contributed by atoms with Crippen molar-refractivity contribution in [3.8, 4) is 0 Å². The van der Waals surface area contributed by atoms with Crippen molar-refractivity contribution < 1.29 is 9.72 Å². The minimum absolute atomic E-state index is 0.164. The number of nitrogens with zero attached hydrogens (tertiary/aromatic N) is 6. The van der Waals surface area contributed by atoms with Crippen LogP contribution in [0.4, 0.5) is 11.8 Å². The molecular weight excluding hydrogens is 338 g/mol. The van der Waals surface area contributed by atoms with Gasteiger partial charge in [0.25, 0.3) is 5.91 Å². The summed E-state index contributed by atoms with van der Waals surface area (Å²) in [4.78, 5) is 26.7. The number of hydrogen-bond donors (Lipinski definition) is 1. The molecule has 10 heteroatoms. The van der Waals surface area contributed by atoms with Gasteiger partial charge in [0.15, 0.2) is 0 Å². The summed E-state index contributed by atoms with van der Waals surface area (Å²) in [5, 5.41) is 21.5. The maximum atomic E-state index is 12.4. The van der Waals surface area contributed by atoms with Gasteiger partial charge in [0.2, 0.25) is 5.95 Å². The summed E-state index contributed by atoms with van der Waals surface area (Å²) in [5.74, 6) is -0.548. The Balaban J connectivity index is 1.67. The summed E-state index contributed by atoms with van der Waals surface area (Å²) in [7, 11) is 0. The minimum atomic E-state index is -0.746. The molecule has 0 bridgehead atoms. The van der Waals surface area contributed by atoms with Crippen molar-refractivity contribution in [3.63, 3.8) is 0 Å². The molecule has 0 fully saturated rings. The number of anilines is 1. The molecule has 1 N–H and O–H groups in total. The second kappa shape index (κ2) is 7.13. The summed E-state index contributed by atoms with van der Waals surface area (Å²) in [6.07, 6.45) is 1.53. The van der Waals surface area contributed by atoms with Crippen LogP contribution in [0.15, 0.2) is 42.7 Å². The molecule has 26 heavy (non-hydrogen) atoms. The highest BCUT2D eigenvalue weighted by atomic mass is 16.6. The maximum absolute atomic E-state index is 12.4. The highest BCUT2D eigenvalue weighted by molar-refractivity contribution is 5.91. The van der Waals surface area contributed by atoms with Crippen molar-refractivity contribution in [1.29, 1.82) is 0 Å². The standard InChI is InChI=1S/C16H17N7O3/c1-11-8-14(23(25)26)19-22(11)12(2)15(24)18-16-17-10-21(20-16)9-13-6-4-3-5-7-13/h3-8,10,12H,9H2,1-2H3,(H,18,20,24). The fraction of sp³-hybridized carbons (Fsp3) is 0.250. The second-order valence-electron chi connectivity index (χ2n) is 5.76. The lowest BCUT2D eigenvalue weighted by atomic mass is 10.2. The summed E-state index contributed by atoms with van der Waals surface area (Å²) in [5.41, 5.74) is 1.57. The third-order valence-corrected chi connectivity index (χ3v) is 3.80. The quantitative estimate of drug-likeness (QED) is 0.533. The molecule has 0 saturated heterocycles. The van der Waals surface area contributed by atoms with E-state index < -0.39 is 16.9 Å². The van der Waals surface area contributed by atoms with Gasteiger partial charge in [0, 0.05) is 0 Å². The number of carbonyl (C=O) groups excluding carboxylic acids is 1. The third-order valence-electron chi connectivity index (χ3n) is 3.80. The van der Waals surface area contributed by atoms with Gasteiger partial charge in [-0.05, 0) is 24.3 Å². The second-order valence-corrected chi connectivity index (χ2v) is 5.76. The highest BCUT2D eigenvalue weighted by Gasteiger charge is 2.25. The molecule has 0 saturated carbocycles. The molecule has 2 aromatic heterocycles. The third kappa shape index (κ3) is 3.74. The number of amides is 1. The molecule has 10 nitrogen and oxygen atoms in total. The molecule has 3 rings (SSSR count). The molecule has 1 unspecified atom stereocenters. The molecule has 0 radical (unpaired) electrons. The lowest BCUT2D eigenvalue weighted by molar-refractivity contribution is -0.389. The van der Waals surface area contributed by atoms with E-state index in [1.165, 1.54) is 17.1 Å². The van der Waals surface area contributed by atoms with Crippen LogP contribution in [-0.2, 0) is 11.3 Å².